The van der Waals surface area contributed by atoms with Crippen LogP contribution in [0, 0.1) is 5.41 Å². The number of amides is 1. The number of nitrogens with one attached hydrogen (secondary N) is 1. The van der Waals surface area contributed by atoms with Crippen LogP contribution < -0.4 is 5.32 Å². The second kappa shape index (κ2) is 5.38. The van der Waals surface area contributed by atoms with Crippen molar-refractivity contribution in [1.82, 2.24) is 10.2 Å². The highest BCUT2D eigenvalue weighted by Crippen LogP contribution is 2.44. The molecule has 1 unspecified atom stereocenters. The van der Waals surface area contributed by atoms with Crippen molar-refractivity contribution in [3.05, 3.63) is 0 Å². The molecule has 1 aliphatic heterocycles. The summed E-state index contributed by atoms with van der Waals surface area (Å²) in [5, 5.41) is 3.31. The first-order chi connectivity index (χ1) is 8.21. The molecule has 0 aromatic carbocycles. The molecule has 1 aliphatic carbocycles. The van der Waals surface area contributed by atoms with Gasteiger partial charge in [-0.2, -0.15) is 0 Å². The summed E-state index contributed by atoms with van der Waals surface area (Å²) < 4.78 is 0. The third kappa shape index (κ3) is 2.65. The fourth-order valence-electron chi connectivity index (χ4n) is 3.24. The van der Waals surface area contributed by atoms with Crippen molar-refractivity contribution in [3.63, 3.8) is 0 Å². The zero-order valence-corrected chi connectivity index (χ0v) is 11.3. The maximum atomic E-state index is 12.3. The summed E-state index contributed by atoms with van der Waals surface area (Å²) in [6.07, 6.45) is 7.39. The lowest BCUT2D eigenvalue weighted by molar-refractivity contribution is -0.139. The van der Waals surface area contributed by atoms with E-state index in [1.807, 2.05) is 0 Å². The highest BCUT2D eigenvalue weighted by Gasteiger charge is 2.39. The summed E-state index contributed by atoms with van der Waals surface area (Å²) in [6, 6.07) is 0.0859. The van der Waals surface area contributed by atoms with E-state index >= 15 is 0 Å². The van der Waals surface area contributed by atoms with Crippen LogP contribution in [0.5, 0.6) is 0 Å². The van der Waals surface area contributed by atoms with Crippen LogP contribution in [0.15, 0.2) is 0 Å². The molecule has 0 aromatic rings. The average molecular weight is 238 g/mol. The first-order valence-electron chi connectivity index (χ1n) is 7.23. The van der Waals surface area contributed by atoms with Gasteiger partial charge in [-0.05, 0) is 44.1 Å². The molecule has 0 radical (unpaired) electrons. The molecule has 0 spiro atoms. The Hall–Kier alpha value is -0.570. The third-order valence-electron chi connectivity index (χ3n) is 4.67. The minimum Gasteiger partial charge on any atom is -0.341 e. The van der Waals surface area contributed by atoms with Gasteiger partial charge in [-0.1, -0.05) is 20.3 Å². The van der Waals surface area contributed by atoms with Crippen LogP contribution in [0.2, 0.25) is 0 Å². The van der Waals surface area contributed by atoms with Crippen LogP contribution >= 0.6 is 0 Å². The topological polar surface area (TPSA) is 32.3 Å². The van der Waals surface area contributed by atoms with Gasteiger partial charge in [0.15, 0.2) is 0 Å². The van der Waals surface area contributed by atoms with Crippen LogP contribution in [0.3, 0.4) is 0 Å². The number of nitrogens with zero attached hydrogens (tertiary/aromatic N) is 1. The van der Waals surface area contributed by atoms with Crippen molar-refractivity contribution in [2.75, 3.05) is 19.6 Å². The number of likely N-dealkylation sites (tertiary alicyclic amines) is 1. The van der Waals surface area contributed by atoms with Crippen LogP contribution in [-0.2, 0) is 4.79 Å². The predicted molar refractivity (Wildman–Crippen MR) is 69.9 cm³/mol. The van der Waals surface area contributed by atoms with E-state index in [1.165, 1.54) is 25.7 Å². The fourth-order valence-corrected chi connectivity index (χ4v) is 3.24. The summed E-state index contributed by atoms with van der Waals surface area (Å²) in [6.45, 7) is 7.22. The SMILES string of the molecule is CCNC1CCCN(CC2(CC)CCC2)C1=O. The zero-order chi connectivity index (χ0) is 12.3. The second-order valence-electron chi connectivity index (χ2n) is 5.72. The number of carbonyl (C=O) groups excluding carboxylic acids is 1. The van der Waals surface area contributed by atoms with Gasteiger partial charge in [-0.15, -0.1) is 0 Å². The Labute approximate surface area is 105 Å². The molecule has 98 valence electrons. The van der Waals surface area contributed by atoms with E-state index in [4.69, 9.17) is 0 Å². The van der Waals surface area contributed by atoms with Crippen molar-refractivity contribution in [3.8, 4) is 0 Å². The van der Waals surface area contributed by atoms with E-state index in [1.54, 1.807) is 0 Å². The number of piperidine rings is 1. The van der Waals surface area contributed by atoms with Crippen LogP contribution in [0.4, 0.5) is 0 Å². The average Bonchev–Trinajstić information content (AvgIpc) is 2.28. The minimum atomic E-state index is 0.0859. The monoisotopic (exact) mass is 238 g/mol. The Balaban J connectivity index is 1.93. The first-order valence-corrected chi connectivity index (χ1v) is 7.23. The van der Waals surface area contributed by atoms with E-state index in [0.29, 0.717) is 11.3 Å². The maximum Gasteiger partial charge on any atom is 0.239 e. The van der Waals surface area contributed by atoms with Gasteiger partial charge in [0.05, 0.1) is 6.04 Å². The van der Waals surface area contributed by atoms with E-state index < -0.39 is 0 Å². The third-order valence-corrected chi connectivity index (χ3v) is 4.67. The molecule has 1 saturated heterocycles. The fraction of sp³-hybridized carbons (Fsp3) is 0.929. The normalized spacial score (nSPS) is 28.0. The Morgan fingerprint density at radius 1 is 1.35 bits per heavy atom. The van der Waals surface area contributed by atoms with E-state index in [-0.39, 0.29) is 6.04 Å². The lowest BCUT2D eigenvalue weighted by Crippen LogP contribution is -2.54. The molecule has 2 aliphatic rings. The van der Waals surface area contributed by atoms with E-state index in [9.17, 15) is 4.79 Å². The first kappa shape index (κ1) is 12.9. The summed E-state index contributed by atoms with van der Waals surface area (Å²) in [5.41, 5.74) is 0.462. The van der Waals surface area contributed by atoms with Crippen molar-refractivity contribution >= 4 is 5.91 Å². The molecule has 2 rings (SSSR count). The van der Waals surface area contributed by atoms with Gasteiger partial charge in [0.25, 0.3) is 0 Å². The molecule has 0 aromatic heterocycles. The van der Waals surface area contributed by atoms with Crippen molar-refractivity contribution in [2.45, 2.75) is 58.4 Å². The Bertz CT molecular complexity index is 266. The van der Waals surface area contributed by atoms with Crippen LogP contribution in [0.25, 0.3) is 0 Å². The minimum absolute atomic E-state index is 0.0859. The van der Waals surface area contributed by atoms with Gasteiger partial charge in [0, 0.05) is 13.1 Å². The van der Waals surface area contributed by atoms with Gasteiger partial charge in [-0.25, -0.2) is 0 Å². The predicted octanol–water partition coefficient (Wildman–Crippen LogP) is 2.17. The molecule has 1 saturated carbocycles. The Kier molecular flexibility index (Phi) is 4.08. The standard InChI is InChI=1S/C14H26N2O/c1-3-14(8-6-9-14)11-16-10-5-7-12(13(16)17)15-4-2/h12,15H,3-11H2,1-2H3. The molecule has 0 bridgehead atoms. The molecular formula is C14H26N2O. The molecule has 17 heavy (non-hydrogen) atoms. The quantitative estimate of drug-likeness (QED) is 0.796. The molecule has 1 heterocycles. The summed E-state index contributed by atoms with van der Waals surface area (Å²) >= 11 is 0. The smallest absolute Gasteiger partial charge is 0.239 e. The van der Waals surface area contributed by atoms with Crippen LogP contribution in [-0.4, -0.2) is 36.5 Å². The molecule has 2 fully saturated rings. The Morgan fingerprint density at radius 2 is 2.12 bits per heavy atom. The molecule has 1 N–H and O–H groups in total. The highest BCUT2D eigenvalue weighted by molar-refractivity contribution is 5.82. The highest BCUT2D eigenvalue weighted by atomic mass is 16.2. The number of likely N-dealkylation sites (N-methyl/N-ethyl adjacent to an activating group) is 1. The van der Waals surface area contributed by atoms with Gasteiger partial charge in [-0.3, -0.25) is 4.79 Å². The molecule has 1 amide bonds. The van der Waals surface area contributed by atoms with Gasteiger partial charge < -0.3 is 10.2 Å². The Morgan fingerprint density at radius 3 is 2.65 bits per heavy atom. The molecule has 3 heteroatoms. The molecular weight excluding hydrogens is 212 g/mol. The van der Waals surface area contributed by atoms with E-state index in [2.05, 4.69) is 24.1 Å². The largest absolute Gasteiger partial charge is 0.341 e. The van der Waals surface area contributed by atoms with Gasteiger partial charge >= 0.3 is 0 Å². The molecule has 3 nitrogen and oxygen atoms in total. The summed E-state index contributed by atoms with van der Waals surface area (Å²) in [7, 11) is 0. The summed E-state index contributed by atoms with van der Waals surface area (Å²) in [5.74, 6) is 0.345. The number of hydrogen-bond donors (Lipinski definition) is 1. The van der Waals surface area contributed by atoms with Crippen molar-refractivity contribution < 1.29 is 4.79 Å². The van der Waals surface area contributed by atoms with Gasteiger partial charge in [0.1, 0.15) is 0 Å². The number of rotatable bonds is 5. The zero-order valence-electron chi connectivity index (χ0n) is 11.3. The van der Waals surface area contributed by atoms with Crippen LogP contribution in [0.1, 0.15) is 52.4 Å². The molecule has 1 atom stereocenters. The number of carbonyl (C=O) groups is 1. The lowest BCUT2D eigenvalue weighted by atomic mass is 9.66. The number of hydrogen-bond acceptors (Lipinski definition) is 2. The summed E-state index contributed by atoms with van der Waals surface area (Å²) in [4.78, 5) is 14.4. The lowest BCUT2D eigenvalue weighted by Gasteiger charge is -2.46. The second-order valence-corrected chi connectivity index (χ2v) is 5.72. The van der Waals surface area contributed by atoms with Crippen molar-refractivity contribution in [2.24, 2.45) is 5.41 Å². The van der Waals surface area contributed by atoms with Gasteiger partial charge in [0.2, 0.25) is 5.91 Å². The maximum absolute atomic E-state index is 12.3. The van der Waals surface area contributed by atoms with E-state index in [0.717, 1.165) is 32.5 Å². The van der Waals surface area contributed by atoms with Crippen molar-refractivity contribution in [1.29, 1.82) is 0 Å².